The smallest absolute Gasteiger partial charge is 0.256 e. The molecule has 10 heteroatoms. The third-order valence-corrected chi connectivity index (χ3v) is 6.14. The van der Waals surface area contributed by atoms with Crippen molar-refractivity contribution in [3.8, 4) is 0 Å². The van der Waals surface area contributed by atoms with Gasteiger partial charge in [0.05, 0.1) is 6.04 Å². The maximum absolute atomic E-state index is 13.4. The highest BCUT2D eigenvalue weighted by atomic mass is 16.5. The first-order valence-corrected chi connectivity index (χ1v) is 10.3. The number of hydrogen-bond acceptors (Lipinski definition) is 6. The van der Waals surface area contributed by atoms with Crippen molar-refractivity contribution in [2.24, 2.45) is 0 Å². The molecule has 10 nitrogen and oxygen atoms in total. The Labute approximate surface area is 179 Å². The SMILES string of the molecule is COCC(=O)NC1CC2C(=O)NC3CCN(C(=O)C(O)c4ccccc4)C3C(=O)N2C1. The van der Waals surface area contributed by atoms with E-state index in [1.54, 1.807) is 30.3 Å². The van der Waals surface area contributed by atoms with Crippen LogP contribution in [0.1, 0.15) is 24.5 Å². The summed E-state index contributed by atoms with van der Waals surface area (Å²) in [5, 5.41) is 16.2. The number of aliphatic hydroxyl groups excluding tert-OH is 1. The summed E-state index contributed by atoms with van der Waals surface area (Å²) in [5.74, 6) is -1.52. The standard InChI is InChI=1S/C21H26N4O6/c1-31-11-16(26)22-13-9-15-19(28)23-14-7-8-24(17(14)20(29)25(15)10-13)21(30)18(27)12-5-3-2-4-6-12/h2-6,13-15,17-18,27H,7-11H2,1H3,(H,22,26)(H,23,28). The van der Waals surface area contributed by atoms with Crippen LogP contribution < -0.4 is 10.6 Å². The van der Waals surface area contributed by atoms with Crippen molar-refractivity contribution in [1.29, 1.82) is 0 Å². The summed E-state index contributed by atoms with van der Waals surface area (Å²) >= 11 is 0. The molecule has 0 saturated carbocycles. The third kappa shape index (κ3) is 4.00. The molecular formula is C21H26N4O6. The van der Waals surface area contributed by atoms with Gasteiger partial charge in [0, 0.05) is 26.2 Å². The molecule has 3 aliphatic heterocycles. The van der Waals surface area contributed by atoms with Crippen molar-refractivity contribution in [3.05, 3.63) is 35.9 Å². The third-order valence-electron chi connectivity index (χ3n) is 6.14. The van der Waals surface area contributed by atoms with E-state index in [1.807, 2.05) is 0 Å². The Morgan fingerprint density at radius 3 is 2.74 bits per heavy atom. The minimum Gasteiger partial charge on any atom is -0.378 e. The van der Waals surface area contributed by atoms with Crippen LogP contribution in [0.2, 0.25) is 0 Å². The van der Waals surface area contributed by atoms with E-state index in [1.165, 1.54) is 16.9 Å². The second-order valence-electron chi connectivity index (χ2n) is 8.13. The summed E-state index contributed by atoms with van der Waals surface area (Å²) in [4.78, 5) is 53.9. The molecule has 3 aliphatic rings. The van der Waals surface area contributed by atoms with Gasteiger partial charge in [0.15, 0.2) is 6.10 Å². The first-order chi connectivity index (χ1) is 14.9. The van der Waals surface area contributed by atoms with Gasteiger partial charge in [-0.25, -0.2) is 0 Å². The van der Waals surface area contributed by atoms with Gasteiger partial charge in [-0.3, -0.25) is 19.2 Å². The van der Waals surface area contributed by atoms with E-state index in [0.717, 1.165) is 0 Å². The van der Waals surface area contributed by atoms with Gasteiger partial charge in [-0.05, 0) is 18.4 Å². The number of methoxy groups -OCH3 is 1. The minimum atomic E-state index is -1.39. The number of hydrogen-bond donors (Lipinski definition) is 3. The lowest BCUT2D eigenvalue weighted by molar-refractivity contribution is -0.149. The van der Waals surface area contributed by atoms with E-state index >= 15 is 0 Å². The summed E-state index contributed by atoms with van der Waals surface area (Å²) in [7, 11) is 1.41. The van der Waals surface area contributed by atoms with Crippen LogP contribution in [0.15, 0.2) is 30.3 Å². The zero-order valence-electron chi connectivity index (χ0n) is 17.2. The Hall–Kier alpha value is -2.98. The Bertz CT molecular complexity index is 878. The summed E-state index contributed by atoms with van der Waals surface area (Å²) in [6, 6.07) is 6.07. The molecule has 4 rings (SSSR count). The summed E-state index contributed by atoms with van der Waals surface area (Å²) in [6.45, 7) is 0.334. The number of carbonyl (C=O) groups excluding carboxylic acids is 4. The highest BCUT2D eigenvalue weighted by Gasteiger charge is 2.53. The molecule has 1 aromatic carbocycles. The fraction of sp³-hybridized carbons (Fsp3) is 0.524. The van der Waals surface area contributed by atoms with Crippen molar-refractivity contribution in [1.82, 2.24) is 20.4 Å². The molecule has 0 spiro atoms. The highest BCUT2D eigenvalue weighted by Crippen LogP contribution is 2.31. The van der Waals surface area contributed by atoms with E-state index in [9.17, 15) is 24.3 Å². The molecule has 1 aromatic rings. The van der Waals surface area contributed by atoms with Gasteiger partial charge in [0.2, 0.25) is 17.7 Å². The predicted octanol–water partition coefficient (Wildman–Crippen LogP) is -1.45. The first-order valence-electron chi connectivity index (χ1n) is 10.3. The van der Waals surface area contributed by atoms with Crippen molar-refractivity contribution in [3.63, 3.8) is 0 Å². The molecule has 3 saturated heterocycles. The van der Waals surface area contributed by atoms with E-state index in [4.69, 9.17) is 4.74 Å². The van der Waals surface area contributed by atoms with Crippen LogP contribution in [0.3, 0.4) is 0 Å². The molecule has 3 N–H and O–H groups in total. The van der Waals surface area contributed by atoms with Crippen molar-refractivity contribution >= 4 is 23.6 Å². The van der Waals surface area contributed by atoms with Crippen molar-refractivity contribution in [2.45, 2.75) is 43.1 Å². The number of benzene rings is 1. The zero-order chi connectivity index (χ0) is 22.1. The normalized spacial score (nSPS) is 28.5. The minimum absolute atomic E-state index is 0.105. The van der Waals surface area contributed by atoms with Crippen LogP contribution in [-0.4, -0.2) is 89.5 Å². The van der Waals surface area contributed by atoms with Gasteiger partial charge in [-0.15, -0.1) is 0 Å². The van der Waals surface area contributed by atoms with Gasteiger partial charge in [-0.1, -0.05) is 30.3 Å². The number of fused-ring (bicyclic) bond motifs is 2. The van der Waals surface area contributed by atoms with E-state index < -0.39 is 30.1 Å². The van der Waals surface area contributed by atoms with Gasteiger partial charge in [-0.2, -0.15) is 0 Å². The Balaban J connectivity index is 1.52. The topological polar surface area (TPSA) is 128 Å². The largest absolute Gasteiger partial charge is 0.378 e. The van der Waals surface area contributed by atoms with Crippen molar-refractivity contribution in [2.75, 3.05) is 26.8 Å². The molecule has 0 bridgehead atoms. The number of carbonyl (C=O) groups is 4. The molecule has 5 unspecified atom stereocenters. The number of nitrogens with zero attached hydrogens (tertiary/aromatic N) is 2. The molecule has 31 heavy (non-hydrogen) atoms. The number of ether oxygens (including phenoxy) is 1. The number of rotatable bonds is 5. The number of nitrogens with one attached hydrogen (secondary N) is 2. The van der Waals surface area contributed by atoms with Crippen LogP contribution in [0, 0.1) is 0 Å². The molecule has 166 valence electrons. The molecule has 0 aliphatic carbocycles. The highest BCUT2D eigenvalue weighted by molar-refractivity contribution is 5.97. The molecule has 5 atom stereocenters. The number of likely N-dealkylation sites (tertiary alicyclic amines) is 1. The maximum Gasteiger partial charge on any atom is 0.256 e. The lowest BCUT2D eigenvalue weighted by Gasteiger charge is -2.30. The lowest BCUT2D eigenvalue weighted by Crippen LogP contribution is -2.53. The van der Waals surface area contributed by atoms with Crippen LogP contribution in [0.4, 0.5) is 0 Å². The van der Waals surface area contributed by atoms with Crippen molar-refractivity contribution < 1.29 is 29.0 Å². The molecule has 4 amide bonds. The monoisotopic (exact) mass is 430 g/mol. The van der Waals surface area contributed by atoms with Crippen LogP contribution >= 0.6 is 0 Å². The first kappa shape index (κ1) is 21.3. The average molecular weight is 430 g/mol. The molecule has 3 heterocycles. The van der Waals surface area contributed by atoms with Crippen LogP contribution in [0.25, 0.3) is 0 Å². The summed E-state index contributed by atoms with van der Waals surface area (Å²) in [5.41, 5.74) is 0.445. The van der Waals surface area contributed by atoms with E-state index in [-0.39, 0.29) is 43.5 Å². The van der Waals surface area contributed by atoms with Gasteiger partial charge < -0.3 is 30.3 Å². The predicted molar refractivity (Wildman–Crippen MR) is 107 cm³/mol. The quantitative estimate of drug-likeness (QED) is 0.525. The van der Waals surface area contributed by atoms with E-state index in [0.29, 0.717) is 18.4 Å². The molecule has 0 aromatic heterocycles. The average Bonchev–Trinajstić information content (AvgIpc) is 3.35. The fourth-order valence-electron chi connectivity index (χ4n) is 4.71. The van der Waals surface area contributed by atoms with Gasteiger partial charge in [0.1, 0.15) is 18.7 Å². The van der Waals surface area contributed by atoms with Gasteiger partial charge in [0.25, 0.3) is 5.91 Å². The van der Waals surface area contributed by atoms with Crippen LogP contribution in [-0.2, 0) is 23.9 Å². The lowest BCUT2D eigenvalue weighted by atomic mass is 10.1. The summed E-state index contributed by atoms with van der Waals surface area (Å²) < 4.78 is 4.81. The summed E-state index contributed by atoms with van der Waals surface area (Å²) in [6.07, 6.45) is -0.654. The second-order valence-corrected chi connectivity index (χ2v) is 8.13. The number of amides is 4. The Morgan fingerprint density at radius 1 is 1.29 bits per heavy atom. The Kier molecular flexibility index (Phi) is 5.92. The molecule has 3 fully saturated rings. The second kappa shape index (κ2) is 8.64. The molecular weight excluding hydrogens is 404 g/mol. The maximum atomic E-state index is 13.4. The van der Waals surface area contributed by atoms with Gasteiger partial charge >= 0.3 is 0 Å². The zero-order valence-corrected chi connectivity index (χ0v) is 17.2. The Morgan fingerprint density at radius 2 is 2.03 bits per heavy atom. The van der Waals surface area contributed by atoms with Crippen LogP contribution in [0.5, 0.6) is 0 Å². The van der Waals surface area contributed by atoms with E-state index in [2.05, 4.69) is 10.6 Å². The fourth-order valence-corrected chi connectivity index (χ4v) is 4.71. The molecule has 0 radical (unpaired) electrons. The number of aliphatic hydroxyl groups is 1.